The van der Waals surface area contributed by atoms with Gasteiger partial charge in [-0.3, -0.25) is 4.79 Å². The molecular weight excluding hydrogens is 142 g/mol. The molecule has 60 valence electrons. The van der Waals surface area contributed by atoms with Crippen LogP contribution in [0.4, 0.5) is 0 Å². The minimum atomic E-state index is 0.0613. The van der Waals surface area contributed by atoms with Gasteiger partial charge < -0.3 is 9.73 Å². The van der Waals surface area contributed by atoms with E-state index in [-0.39, 0.29) is 5.91 Å². The summed E-state index contributed by atoms with van der Waals surface area (Å²) in [7, 11) is 0. The second-order valence-corrected chi connectivity index (χ2v) is 2.26. The van der Waals surface area contributed by atoms with Crippen LogP contribution in [-0.2, 0) is 11.3 Å². The van der Waals surface area contributed by atoms with Crippen LogP contribution in [0, 0.1) is 0 Å². The molecule has 1 rings (SSSR count). The van der Waals surface area contributed by atoms with Crippen molar-refractivity contribution in [1.82, 2.24) is 5.32 Å². The van der Waals surface area contributed by atoms with Crippen LogP contribution in [0.25, 0.3) is 0 Å². The molecule has 0 aliphatic heterocycles. The quantitative estimate of drug-likeness (QED) is 0.711. The van der Waals surface area contributed by atoms with E-state index in [0.717, 1.165) is 5.56 Å². The second kappa shape index (κ2) is 3.81. The van der Waals surface area contributed by atoms with Gasteiger partial charge in [-0.2, -0.15) is 0 Å². The largest absolute Gasteiger partial charge is 0.472 e. The fourth-order valence-corrected chi connectivity index (χ4v) is 0.719. The van der Waals surface area contributed by atoms with Gasteiger partial charge in [0, 0.05) is 18.5 Å². The minimum Gasteiger partial charge on any atom is -0.472 e. The summed E-state index contributed by atoms with van der Waals surface area (Å²) in [5, 5.41) is 2.74. The van der Waals surface area contributed by atoms with E-state index in [1.54, 1.807) is 12.5 Å². The Morgan fingerprint density at radius 2 is 2.55 bits per heavy atom. The first-order valence-corrected chi connectivity index (χ1v) is 3.60. The molecule has 0 radical (unpaired) electrons. The highest BCUT2D eigenvalue weighted by Crippen LogP contribution is 1.98. The maximum atomic E-state index is 10.8. The van der Waals surface area contributed by atoms with Gasteiger partial charge in [-0.1, -0.05) is 6.92 Å². The zero-order chi connectivity index (χ0) is 8.10. The molecule has 1 aromatic rings. The van der Waals surface area contributed by atoms with Crippen LogP contribution < -0.4 is 5.32 Å². The van der Waals surface area contributed by atoms with Crippen molar-refractivity contribution in [2.24, 2.45) is 0 Å². The van der Waals surface area contributed by atoms with Crippen molar-refractivity contribution in [3.63, 3.8) is 0 Å². The highest BCUT2D eigenvalue weighted by Gasteiger charge is 1.96. The van der Waals surface area contributed by atoms with Crippen LogP contribution in [0.3, 0.4) is 0 Å². The Bertz CT molecular complexity index is 216. The molecule has 1 amide bonds. The van der Waals surface area contributed by atoms with E-state index in [1.165, 1.54) is 0 Å². The molecule has 11 heavy (non-hydrogen) atoms. The topological polar surface area (TPSA) is 42.2 Å². The number of nitrogens with one attached hydrogen (secondary N) is 1. The summed E-state index contributed by atoms with van der Waals surface area (Å²) >= 11 is 0. The van der Waals surface area contributed by atoms with E-state index < -0.39 is 0 Å². The van der Waals surface area contributed by atoms with Gasteiger partial charge in [-0.05, 0) is 6.07 Å². The van der Waals surface area contributed by atoms with Crippen molar-refractivity contribution in [3.05, 3.63) is 24.2 Å². The van der Waals surface area contributed by atoms with Crippen molar-refractivity contribution in [1.29, 1.82) is 0 Å². The zero-order valence-corrected chi connectivity index (χ0v) is 6.46. The SMILES string of the molecule is CCC(=O)NCc1ccoc1. The number of hydrogen-bond donors (Lipinski definition) is 1. The van der Waals surface area contributed by atoms with Gasteiger partial charge in [0.2, 0.25) is 5.91 Å². The highest BCUT2D eigenvalue weighted by atomic mass is 16.3. The van der Waals surface area contributed by atoms with Crippen molar-refractivity contribution < 1.29 is 9.21 Å². The summed E-state index contributed by atoms with van der Waals surface area (Å²) < 4.78 is 4.83. The van der Waals surface area contributed by atoms with E-state index in [9.17, 15) is 4.79 Å². The lowest BCUT2D eigenvalue weighted by Gasteiger charge is -1.98. The summed E-state index contributed by atoms with van der Waals surface area (Å²) in [4.78, 5) is 10.8. The molecule has 0 unspecified atom stereocenters. The van der Waals surface area contributed by atoms with Crippen LogP contribution in [0.5, 0.6) is 0 Å². The number of carbonyl (C=O) groups excluding carboxylic acids is 1. The Morgan fingerprint density at radius 3 is 3.09 bits per heavy atom. The normalized spacial score (nSPS) is 9.55. The van der Waals surface area contributed by atoms with Crippen LogP contribution in [0.1, 0.15) is 18.9 Å². The average molecular weight is 153 g/mol. The van der Waals surface area contributed by atoms with Gasteiger partial charge in [0.05, 0.1) is 12.5 Å². The number of furan rings is 1. The van der Waals surface area contributed by atoms with E-state index in [0.29, 0.717) is 13.0 Å². The van der Waals surface area contributed by atoms with E-state index >= 15 is 0 Å². The third-order valence-electron chi connectivity index (χ3n) is 1.39. The van der Waals surface area contributed by atoms with Gasteiger partial charge >= 0.3 is 0 Å². The Kier molecular flexibility index (Phi) is 2.72. The maximum Gasteiger partial charge on any atom is 0.219 e. The molecule has 0 spiro atoms. The second-order valence-electron chi connectivity index (χ2n) is 2.26. The zero-order valence-electron chi connectivity index (χ0n) is 6.46. The predicted octanol–water partition coefficient (Wildman–Crippen LogP) is 1.31. The molecule has 1 heterocycles. The third kappa shape index (κ3) is 2.45. The number of rotatable bonds is 3. The molecule has 0 bridgehead atoms. The first-order chi connectivity index (χ1) is 5.33. The summed E-state index contributed by atoms with van der Waals surface area (Å²) in [6.07, 6.45) is 3.74. The smallest absolute Gasteiger partial charge is 0.219 e. The molecule has 0 fully saturated rings. The fourth-order valence-electron chi connectivity index (χ4n) is 0.719. The highest BCUT2D eigenvalue weighted by molar-refractivity contribution is 5.75. The predicted molar refractivity (Wildman–Crippen MR) is 40.8 cm³/mol. The molecule has 0 saturated carbocycles. The molecule has 0 atom stereocenters. The third-order valence-corrected chi connectivity index (χ3v) is 1.39. The lowest BCUT2D eigenvalue weighted by atomic mass is 10.3. The Morgan fingerprint density at radius 1 is 1.73 bits per heavy atom. The van der Waals surface area contributed by atoms with Crippen LogP contribution in [0.15, 0.2) is 23.0 Å². The molecule has 1 N–H and O–H groups in total. The maximum absolute atomic E-state index is 10.8. The Balaban J connectivity index is 2.29. The van der Waals surface area contributed by atoms with Gasteiger partial charge in [0.25, 0.3) is 0 Å². The van der Waals surface area contributed by atoms with E-state index in [4.69, 9.17) is 4.42 Å². The van der Waals surface area contributed by atoms with Gasteiger partial charge in [0.1, 0.15) is 0 Å². The molecule has 3 nitrogen and oxygen atoms in total. The van der Waals surface area contributed by atoms with Gasteiger partial charge in [-0.25, -0.2) is 0 Å². The molecule has 3 heteroatoms. The van der Waals surface area contributed by atoms with Crippen LogP contribution in [-0.4, -0.2) is 5.91 Å². The molecule has 1 aromatic heterocycles. The fraction of sp³-hybridized carbons (Fsp3) is 0.375. The Labute approximate surface area is 65.4 Å². The minimum absolute atomic E-state index is 0.0613. The first kappa shape index (κ1) is 7.85. The number of carbonyl (C=O) groups is 1. The number of amides is 1. The molecule has 0 aliphatic carbocycles. The number of hydrogen-bond acceptors (Lipinski definition) is 2. The van der Waals surface area contributed by atoms with E-state index in [1.807, 2.05) is 13.0 Å². The van der Waals surface area contributed by atoms with Crippen molar-refractivity contribution >= 4 is 5.91 Å². The summed E-state index contributed by atoms with van der Waals surface area (Å²) in [6.45, 7) is 2.38. The lowest BCUT2D eigenvalue weighted by molar-refractivity contribution is -0.120. The van der Waals surface area contributed by atoms with Crippen molar-refractivity contribution in [2.75, 3.05) is 0 Å². The van der Waals surface area contributed by atoms with Crippen molar-refractivity contribution in [2.45, 2.75) is 19.9 Å². The Hall–Kier alpha value is -1.25. The summed E-state index contributed by atoms with van der Waals surface area (Å²) in [5.74, 6) is 0.0613. The van der Waals surface area contributed by atoms with Gasteiger partial charge in [0.15, 0.2) is 0 Å². The lowest BCUT2D eigenvalue weighted by Crippen LogP contribution is -2.20. The van der Waals surface area contributed by atoms with Crippen LogP contribution >= 0.6 is 0 Å². The van der Waals surface area contributed by atoms with E-state index in [2.05, 4.69) is 5.32 Å². The van der Waals surface area contributed by atoms with Crippen molar-refractivity contribution in [3.8, 4) is 0 Å². The molecule has 0 aromatic carbocycles. The molecule has 0 saturated heterocycles. The molecular formula is C8H11NO2. The standard InChI is InChI=1S/C8H11NO2/c1-2-8(10)9-5-7-3-4-11-6-7/h3-4,6H,2,5H2,1H3,(H,9,10). The molecule has 0 aliphatic rings. The monoisotopic (exact) mass is 153 g/mol. The average Bonchev–Trinajstić information content (AvgIpc) is 2.52. The van der Waals surface area contributed by atoms with Crippen LogP contribution in [0.2, 0.25) is 0 Å². The summed E-state index contributed by atoms with van der Waals surface area (Å²) in [5.41, 5.74) is 0.992. The summed E-state index contributed by atoms with van der Waals surface area (Å²) in [6, 6.07) is 1.83. The first-order valence-electron chi connectivity index (χ1n) is 3.60. The van der Waals surface area contributed by atoms with Gasteiger partial charge in [-0.15, -0.1) is 0 Å².